The van der Waals surface area contributed by atoms with Gasteiger partial charge in [0.15, 0.2) is 0 Å². The van der Waals surface area contributed by atoms with Crippen LogP contribution >= 0.6 is 0 Å². The van der Waals surface area contributed by atoms with Gasteiger partial charge < -0.3 is 10.1 Å². The van der Waals surface area contributed by atoms with Gasteiger partial charge in [0.2, 0.25) is 0 Å². The Morgan fingerprint density at radius 1 is 1.50 bits per heavy atom. The first kappa shape index (κ1) is 8.20. The molecule has 0 aromatic heterocycles. The van der Waals surface area contributed by atoms with Crippen LogP contribution in [0.25, 0.3) is 0 Å². The number of Topliss-reactive ketones (excluding diaryl/α,β-unsaturated/α-hetero) is 1. The minimum absolute atomic E-state index is 0.00752. The summed E-state index contributed by atoms with van der Waals surface area (Å²) in [5, 5.41) is 3.42. The van der Waals surface area contributed by atoms with Crippen molar-refractivity contribution >= 4 is 5.78 Å². The van der Waals surface area contributed by atoms with Gasteiger partial charge in [-0.3, -0.25) is 4.79 Å². The topological polar surface area (TPSA) is 38.3 Å². The van der Waals surface area contributed by atoms with E-state index in [4.69, 9.17) is 4.74 Å². The molecule has 0 aromatic rings. The third-order valence-electron chi connectivity index (χ3n) is 2.76. The van der Waals surface area contributed by atoms with Crippen LogP contribution in [0, 0.1) is 0 Å². The number of nitrogens with one attached hydrogen (secondary N) is 1. The van der Waals surface area contributed by atoms with Crippen LogP contribution < -0.4 is 5.32 Å². The smallest absolute Gasteiger partial charge is 0.136 e. The molecule has 2 heterocycles. The van der Waals surface area contributed by atoms with Crippen molar-refractivity contribution < 1.29 is 9.53 Å². The van der Waals surface area contributed by atoms with Crippen molar-refractivity contribution in [2.24, 2.45) is 0 Å². The number of hydrogen-bond acceptors (Lipinski definition) is 3. The third kappa shape index (κ3) is 1.52. The lowest BCUT2D eigenvalue weighted by Crippen LogP contribution is -2.56. The molecule has 1 N–H and O–H groups in total. The molecule has 2 fully saturated rings. The molecule has 3 nitrogen and oxygen atoms in total. The second-order valence-electron chi connectivity index (χ2n) is 3.83. The highest BCUT2D eigenvalue weighted by Gasteiger charge is 2.36. The van der Waals surface area contributed by atoms with Gasteiger partial charge >= 0.3 is 0 Å². The van der Waals surface area contributed by atoms with Crippen molar-refractivity contribution in [2.75, 3.05) is 19.8 Å². The van der Waals surface area contributed by atoms with Crippen LogP contribution in [0.3, 0.4) is 0 Å². The summed E-state index contributed by atoms with van der Waals surface area (Å²) in [7, 11) is 0. The zero-order chi connectivity index (χ0) is 8.44. The van der Waals surface area contributed by atoms with E-state index in [-0.39, 0.29) is 5.54 Å². The zero-order valence-corrected chi connectivity index (χ0v) is 7.27. The third-order valence-corrected chi connectivity index (χ3v) is 2.76. The van der Waals surface area contributed by atoms with Crippen LogP contribution in [0.1, 0.15) is 25.7 Å². The first-order valence-electron chi connectivity index (χ1n) is 4.65. The Balaban J connectivity index is 2.02. The fourth-order valence-corrected chi connectivity index (χ4v) is 2.13. The van der Waals surface area contributed by atoms with Crippen molar-refractivity contribution in [3.8, 4) is 0 Å². The first-order valence-corrected chi connectivity index (χ1v) is 4.65. The molecule has 0 aliphatic carbocycles. The van der Waals surface area contributed by atoms with E-state index in [1.54, 1.807) is 0 Å². The number of ether oxygens (including phenoxy) is 1. The number of ketones is 1. The molecule has 12 heavy (non-hydrogen) atoms. The van der Waals surface area contributed by atoms with Crippen molar-refractivity contribution in [1.29, 1.82) is 0 Å². The lowest BCUT2D eigenvalue weighted by atomic mass is 9.84. The standard InChI is InChI=1S/C9H15NO2/c11-8-2-4-10-9(6-8)3-1-5-12-7-9/h10H,1-7H2. The van der Waals surface area contributed by atoms with Crippen LogP contribution in [-0.4, -0.2) is 31.1 Å². The van der Waals surface area contributed by atoms with E-state index in [0.29, 0.717) is 18.6 Å². The Labute approximate surface area is 72.5 Å². The molecular formula is C9H15NO2. The van der Waals surface area contributed by atoms with Gasteiger partial charge in [-0.1, -0.05) is 0 Å². The average molecular weight is 169 g/mol. The molecule has 1 unspecified atom stereocenters. The summed E-state index contributed by atoms with van der Waals surface area (Å²) in [5.41, 5.74) is 0.00752. The molecule has 0 radical (unpaired) electrons. The van der Waals surface area contributed by atoms with Crippen LogP contribution in [0.5, 0.6) is 0 Å². The maximum Gasteiger partial charge on any atom is 0.136 e. The normalized spacial score (nSPS) is 37.2. The SMILES string of the molecule is O=C1CCNC2(CCCOC2)C1. The summed E-state index contributed by atoms with van der Waals surface area (Å²) in [6.07, 6.45) is 3.55. The maximum atomic E-state index is 11.2. The number of carbonyl (C=O) groups excluding carboxylic acids is 1. The van der Waals surface area contributed by atoms with Gasteiger partial charge in [-0.2, -0.15) is 0 Å². The number of hydrogen-bond donors (Lipinski definition) is 1. The summed E-state index contributed by atoms with van der Waals surface area (Å²) >= 11 is 0. The highest BCUT2D eigenvalue weighted by atomic mass is 16.5. The Hall–Kier alpha value is -0.410. The molecular weight excluding hydrogens is 154 g/mol. The lowest BCUT2D eigenvalue weighted by Gasteiger charge is -2.40. The van der Waals surface area contributed by atoms with Crippen molar-refractivity contribution in [2.45, 2.75) is 31.2 Å². The van der Waals surface area contributed by atoms with Gasteiger partial charge in [0, 0.05) is 31.5 Å². The Kier molecular flexibility index (Phi) is 2.15. The molecule has 1 spiro atoms. The van der Waals surface area contributed by atoms with Crippen LogP contribution in [0.4, 0.5) is 0 Å². The van der Waals surface area contributed by atoms with Gasteiger partial charge in [0.05, 0.1) is 6.61 Å². The van der Waals surface area contributed by atoms with Gasteiger partial charge in [-0.05, 0) is 12.8 Å². The molecule has 68 valence electrons. The van der Waals surface area contributed by atoms with E-state index >= 15 is 0 Å². The van der Waals surface area contributed by atoms with Gasteiger partial charge in [0.25, 0.3) is 0 Å². The van der Waals surface area contributed by atoms with E-state index in [9.17, 15) is 4.79 Å². The molecule has 2 aliphatic heterocycles. The minimum atomic E-state index is 0.00752. The molecule has 0 amide bonds. The predicted octanol–water partition coefficient (Wildman–Crippen LogP) is 0.488. The van der Waals surface area contributed by atoms with Gasteiger partial charge in [-0.25, -0.2) is 0 Å². The average Bonchev–Trinajstić information content (AvgIpc) is 2.05. The molecule has 2 saturated heterocycles. The summed E-state index contributed by atoms with van der Waals surface area (Å²) in [6.45, 7) is 2.42. The highest BCUT2D eigenvalue weighted by molar-refractivity contribution is 5.80. The van der Waals surface area contributed by atoms with E-state index in [2.05, 4.69) is 5.32 Å². The lowest BCUT2D eigenvalue weighted by molar-refractivity contribution is -0.124. The molecule has 2 rings (SSSR count). The number of carbonyl (C=O) groups is 1. The van der Waals surface area contributed by atoms with Crippen LogP contribution in [0.15, 0.2) is 0 Å². The molecule has 0 saturated carbocycles. The largest absolute Gasteiger partial charge is 0.380 e. The second kappa shape index (κ2) is 3.15. The fourth-order valence-electron chi connectivity index (χ4n) is 2.13. The minimum Gasteiger partial charge on any atom is -0.380 e. The van der Waals surface area contributed by atoms with Crippen LogP contribution in [-0.2, 0) is 9.53 Å². The van der Waals surface area contributed by atoms with Gasteiger partial charge in [0.1, 0.15) is 5.78 Å². The summed E-state index contributed by atoms with van der Waals surface area (Å²) in [4.78, 5) is 11.2. The van der Waals surface area contributed by atoms with Crippen molar-refractivity contribution in [1.82, 2.24) is 5.32 Å². The number of piperidine rings is 1. The predicted molar refractivity (Wildman–Crippen MR) is 45.0 cm³/mol. The van der Waals surface area contributed by atoms with Gasteiger partial charge in [-0.15, -0.1) is 0 Å². The number of rotatable bonds is 0. The van der Waals surface area contributed by atoms with Crippen molar-refractivity contribution in [3.63, 3.8) is 0 Å². The zero-order valence-electron chi connectivity index (χ0n) is 7.27. The van der Waals surface area contributed by atoms with Crippen molar-refractivity contribution in [3.05, 3.63) is 0 Å². The molecule has 0 bridgehead atoms. The van der Waals surface area contributed by atoms with E-state index in [1.807, 2.05) is 0 Å². The Morgan fingerprint density at radius 2 is 2.42 bits per heavy atom. The van der Waals surface area contributed by atoms with E-state index in [1.165, 1.54) is 0 Å². The second-order valence-corrected chi connectivity index (χ2v) is 3.83. The fraction of sp³-hybridized carbons (Fsp3) is 0.889. The summed E-state index contributed by atoms with van der Waals surface area (Å²) < 4.78 is 5.40. The Morgan fingerprint density at radius 3 is 3.08 bits per heavy atom. The molecule has 1 atom stereocenters. The summed E-state index contributed by atoms with van der Waals surface area (Å²) in [6, 6.07) is 0. The quantitative estimate of drug-likeness (QED) is 0.573. The molecule has 0 aromatic carbocycles. The summed E-state index contributed by atoms with van der Waals surface area (Å²) in [5.74, 6) is 0.388. The Bertz CT molecular complexity index is 179. The molecule has 3 heteroatoms. The maximum absolute atomic E-state index is 11.2. The van der Waals surface area contributed by atoms with Crippen LogP contribution in [0.2, 0.25) is 0 Å². The van der Waals surface area contributed by atoms with E-state index < -0.39 is 0 Å². The monoisotopic (exact) mass is 169 g/mol. The highest BCUT2D eigenvalue weighted by Crippen LogP contribution is 2.26. The van der Waals surface area contributed by atoms with E-state index in [0.717, 1.165) is 32.6 Å². The first-order chi connectivity index (χ1) is 5.81. The molecule has 2 aliphatic rings.